The first-order valence-corrected chi connectivity index (χ1v) is 8.47. The summed E-state index contributed by atoms with van der Waals surface area (Å²) in [5.74, 6) is -0.0336. The van der Waals surface area contributed by atoms with Crippen molar-refractivity contribution in [1.82, 2.24) is 4.57 Å². The molecular formula is C20H21ClN2O. The first-order chi connectivity index (χ1) is 11.4. The highest BCUT2D eigenvalue weighted by Crippen LogP contribution is 2.33. The number of aromatic nitrogens is 1. The molecule has 3 rings (SSSR count). The SMILES string of the molecule is CC(C)C(=O)n1cc(C(C)N)c2ccc(-c3ccccc3Cl)cc21. The lowest BCUT2D eigenvalue weighted by molar-refractivity contribution is 0.0860. The predicted octanol–water partition coefficient (Wildman–Crippen LogP) is 5.28. The molecule has 0 fully saturated rings. The number of benzene rings is 2. The fraction of sp³-hybridized carbons (Fsp3) is 0.250. The highest BCUT2D eigenvalue weighted by Gasteiger charge is 2.18. The van der Waals surface area contributed by atoms with Gasteiger partial charge in [-0.3, -0.25) is 9.36 Å². The van der Waals surface area contributed by atoms with Gasteiger partial charge < -0.3 is 5.73 Å². The number of nitrogens with two attached hydrogens (primary N) is 1. The van der Waals surface area contributed by atoms with Crippen LogP contribution in [0, 0.1) is 5.92 Å². The molecule has 1 aromatic heterocycles. The second kappa shape index (κ2) is 6.42. The smallest absolute Gasteiger partial charge is 0.233 e. The molecule has 124 valence electrons. The van der Waals surface area contributed by atoms with Crippen LogP contribution in [0.25, 0.3) is 22.0 Å². The zero-order valence-corrected chi connectivity index (χ0v) is 14.8. The minimum Gasteiger partial charge on any atom is -0.324 e. The Morgan fingerprint density at radius 2 is 1.83 bits per heavy atom. The Morgan fingerprint density at radius 3 is 2.46 bits per heavy atom. The van der Waals surface area contributed by atoms with Gasteiger partial charge in [0.15, 0.2) is 0 Å². The van der Waals surface area contributed by atoms with Gasteiger partial charge in [0.25, 0.3) is 0 Å². The van der Waals surface area contributed by atoms with Gasteiger partial charge in [0.2, 0.25) is 5.91 Å². The molecule has 0 amide bonds. The summed E-state index contributed by atoms with van der Waals surface area (Å²) in [5.41, 5.74) is 9.89. The largest absolute Gasteiger partial charge is 0.324 e. The van der Waals surface area contributed by atoms with E-state index in [1.807, 2.05) is 69.4 Å². The Labute approximate surface area is 147 Å². The molecule has 0 aliphatic carbocycles. The number of carbonyl (C=O) groups is 1. The number of carbonyl (C=O) groups excluding carboxylic acids is 1. The molecule has 3 aromatic rings. The zero-order chi connectivity index (χ0) is 17.4. The summed E-state index contributed by atoms with van der Waals surface area (Å²) in [4.78, 5) is 12.6. The third-order valence-electron chi connectivity index (χ3n) is 4.24. The Balaban J connectivity index is 2.26. The van der Waals surface area contributed by atoms with Gasteiger partial charge in [0, 0.05) is 34.1 Å². The van der Waals surface area contributed by atoms with Gasteiger partial charge in [-0.1, -0.05) is 55.8 Å². The van der Waals surface area contributed by atoms with E-state index < -0.39 is 0 Å². The van der Waals surface area contributed by atoms with E-state index >= 15 is 0 Å². The van der Waals surface area contributed by atoms with Crippen LogP contribution in [0.2, 0.25) is 5.02 Å². The van der Waals surface area contributed by atoms with Gasteiger partial charge in [-0.05, 0) is 30.2 Å². The fourth-order valence-corrected chi connectivity index (χ4v) is 3.18. The van der Waals surface area contributed by atoms with Gasteiger partial charge in [0.05, 0.1) is 5.52 Å². The number of rotatable bonds is 3. The van der Waals surface area contributed by atoms with Crippen LogP contribution >= 0.6 is 11.6 Å². The quantitative estimate of drug-likeness (QED) is 0.705. The van der Waals surface area contributed by atoms with E-state index in [0.29, 0.717) is 5.02 Å². The summed E-state index contributed by atoms with van der Waals surface area (Å²) in [7, 11) is 0. The van der Waals surface area contributed by atoms with Crippen LogP contribution in [0.1, 0.15) is 37.2 Å². The number of hydrogen-bond acceptors (Lipinski definition) is 2. The summed E-state index contributed by atoms with van der Waals surface area (Å²) < 4.78 is 1.72. The van der Waals surface area contributed by atoms with E-state index in [2.05, 4.69) is 0 Å². The Bertz CT molecular complexity index is 909. The Morgan fingerprint density at radius 1 is 1.12 bits per heavy atom. The van der Waals surface area contributed by atoms with Crippen molar-refractivity contribution in [2.24, 2.45) is 11.7 Å². The van der Waals surface area contributed by atoms with E-state index in [0.717, 1.165) is 27.6 Å². The molecule has 2 N–H and O–H groups in total. The van der Waals surface area contributed by atoms with E-state index in [1.165, 1.54) is 0 Å². The summed E-state index contributed by atoms with van der Waals surface area (Å²) >= 11 is 6.32. The van der Waals surface area contributed by atoms with Crippen LogP contribution in [-0.4, -0.2) is 10.5 Å². The molecular weight excluding hydrogens is 320 g/mol. The van der Waals surface area contributed by atoms with Crippen molar-refractivity contribution in [3.63, 3.8) is 0 Å². The van der Waals surface area contributed by atoms with Gasteiger partial charge in [0.1, 0.15) is 0 Å². The monoisotopic (exact) mass is 340 g/mol. The highest BCUT2D eigenvalue weighted by molar-refractivity contribution is 6.33. The molecule has 0 bridgehead atoms. The lowest BCUT2D eigenvalue weighted by Crippen LogP contribution is -2.16. The summed E-state index contributed by atoms with van der Waals surface area (Å²) in [6, 6.07) is 13.6. The second-order valence-electron chi connectivity index (χ2n) is 6.45. The molecule has 4 heteroatoms. The minimum atomic E-state index is -0.139. The van der Waals surface area contributed by atoms with Crippen molar-refractivity contribution in [3.8, 4) is 11.1 Å². The zero-order valence-electron chi connectivity index (χ0n) is 14.1. The fourth-order valence-electron chi connectivity index (χ4n) is 2.94. The van der Waals surface area contributed by atoms with Crippen LogP contribution in [-0.2, 0) is 0 Å². The van der Waals surface area contributed by atoms with Crippen molar-refractivity contribution in [2.75, 3.05) is 0 Å². The van der Waals surface area contributed by atoms with Gasteiger partial charge in [-0.2, -0.15) is 0 Å². The maximum absolute atomic E-state index is 12.6. The minimum absolute atomic E-state index is 0.0585. The standard InChI is InChI=1S/C20H21ClN2O/c1-12(2)20(24)23-11-17(13(3)22)16-9-8-14(10-19(16)23)15-6-4-5-7-18(15)21/h4-13H,22H2,1-3H3. The van der Waals surface area contributed by atoms with Crippen LogP contribution in [0.5, 0.6) is 0 Å². The highest BCUT2D eigenvalue weighted by atomic mass is 35.5. The molecule has 0 aliphatic heterocycles. The first kappa shape index (κ1) is 16.7. The maximum atomic E-state index is 12.6. The topological polar surface area (TPSA) is 48.0 Å². The van der Waals surface area contributed by atoms with Gasteiger partial charge in [-0.25, -0.2) is 0 Å². The lowest BCUT2D eigenvalue weighted by Gasteiger charge is -2.09. The molecule has 2 aromatic carbocycles. The van der Waals surface area contributed by atoms with Crippen LogP contribution < -0.4 is 5.73 Å². The maximum Gasteiger partial charge on any atom is 0.233 e. The molecule has 0 radical (unpaired) electrons. The van der Waals surface area contributed by atoms with Crippen LogP contribution in [0.3, 0.4) is 0 Å². The lowest BCUT2D eigenvalue weighted by atomic mass is 10.0. The molecule has 3 nitrogen and oxygen atoms in total. The van der Waals surface area contributed by atoms with Crippen molar-refractivity contribution < 1.29 is 4.79 Å². The van der Waals surface area contributed by atoms with Crippen LogP contribution in [0.4, 0.5) is 0 Å². The molecule has 0 saturated carbocycles. The van der Waals surface area contributed by atoms with Crippen molar-refractivity contribution in [3.05, 3.63) is 59.2 Å². The molecule has 1 unspecified atom stereocenters. The average molecular weight is 341 g/mol. The molecule has 24 heavy (non-hydrogen) atoms. The molecule has 1 atom stereocenters. The van der Waals surface area contributed by atoms with Gasteiger partial charge >= 0.3 is 0 Å². The first-order valence-electron chi connectivity index (χ1n) is 8.10. The number of halogens is 1. The van der Waals surface area contributed by atoms with E-state index in [-0.39, 0.29) is 17.9 Å². The van der Waals surface area contributed by atoms with Crippen molar-refractivity contribution >= 4 is 28.4 Å². The van der Waals surface area contributed by atoms with Crippen molar-refractivity contribution in [2.45, 2.75) is 26.8 Å². The Hall–Kier alpha value is -2.10. The summed E-state index contributed by atoms with van der Waals surface area (Å²) in [6.07, 6.45) is 1.87. The Kier molecular flexibility index (Phi) is 4.48. The normalized spacial score (nSPS) is 12.8. The van der Waals surface area contributed by atoms with Gasteiger partial charge in [-0.15, -0.1) is 0 Å². The van der Waals surface area contributed by atoms with Crippen molar-refractivity contribution in [1.29, 1.82) is 0 Å². The number of nitrogens with zero attached hydrogens (tertiary/aromatic N) is 1. The van der Waals surface area contributed by atoms with E-state index in [4.69, 9.17) is 17.3 Å². The predicted molar refractivity (Wildman–Crippen MR) is 100 cm³/mol. The summed E-state index contributed by atoms with van der Waals surface area (Å²) in [5, 5.41) is 1.70. The second-order valence-corrected chi connectivity index (χ2v) is 6.86. The average Bonchev–Trinajstić information content (AvgIpc) is 2.93. The third-order valence-corrected chi connectivity index (χ3v) is 4.57. The van der Waals surface area contributed by atoms with E-state index in [9.17, 15) is 4.79 Å². The number of fused-ring (bicyclic) bond motifs is 1. The van der Waals surface area contributed by atoms with Crippen LogP contribution in [0.15, 0.2) is 48.7 Å². The summed E-state index contributed by atoms with van der Waals surface area (Å²) in [6.45, 7) is 5.73. The number of hydrogen-bond donors (Lipinski definition) is 1. The van der Waals surface area contributed by atoms with E-state index in [1.54, 1.807) is 4.57 Å². The third kappa shape index (κ3) is 2.85. The molecule has 0 spiro atoms. The molecule has 0 aliphatic rings. The molecule has 1 heterocycles. The molecule has 0 saturated heterocycles.